The predicted molar refractivity (Wildman–Crippen MR) is 85.4 cm³/mol. The number of ether oxygens (including phenoxy) is 1. The van der Waals surface area contributed by atoms with E-state index in [1.807, 2.05) is 12.4 Å². The molecule has 21 heavy (non-hydrogen) atoms. The van der Waals surface area contributed by atoms with E-state index in [0.717, 1.165) is 44.4 Å². The quantitative estimate of drug-likeness (QED) is 0.834. The highest BCUT2D eigenvalue weighted by Gasteiger charge is 2.16. The summed E-state index contributed by atoms with van der Waals surface area (Å²) in [5, 5.41) is 3.38. The van der Waals surface area contributed by atoms with Gasteiger partial charge in [-0.2, -0.15) is 0 Å². The normalized spacial score (nSPS) is 19.0. The van der Waals surface area contributed by atoms with Crippen molar-refractivity contribution in [2.24, 2.45) is 11.8 Å². The first kappa shape index (κ1) is 16.2. The summed E-state index contributed by atoms with van der Waals surface area (Å²) in [6, 6.07) is 0. The summed E-state index contributed by atoms with van der Waals surface area (Å²) < 4.78 is 5.53. The standard InChI is InChI=1S/C16H28N4O/c1-13(2)7-17-8-15-9-19-16(10-18-15)20(3)11-14-5-4-6-21-12-14/h9-10,13-14,17H,4-8,11-12H2,1-3H3. The molecule has 0 bridgehead atoms. The van der Waals surface area contributed by atoms with Crippen molar-refractivity contribution in [3.8, 4) is 0 Å². The van der Waals surface area contributed by atoms with Crippen LogP contribution in [-0.4, -0.2) is 43.3 Å². The van der Waals surface area contributed by atoms with Crippen molar-refractivity contribution in [3.05, 3.63) is 18.1 Å². The van der Waals surface area contributed by atoms with Gasteiger partial charge in [-0.05, 0) is 31.2 Å². The first-order valence-corrected chi connectivity index (χ1v) is 7.95. The summed E-state index contributed by atoms with van der Waals surface area (Å²) in [6.45, 7) is 8.96. The second-order valence-corrected chi connectivity index (χ2v) is 6.35. The highest BCUT2D eigenvalue weighted by molar-refractivity contribution is 5.34. The van der Waals surface area contributed by atoms with E-state index in [1.54, 1.807) is 0 Å². The molecule has 1 atom stereocenters. The molecule has 1 fully saturated rings. The van der Waals surface area contributed by atoms with Crippen molar-refractivity contribution in [1.82, 2.24) is 15.3 Å². The number of nitrogens with zero attached hydrogens (tertiary/aromatic N) is 3. The minimum Gasteiger partial charge on any atom is -0.381 e. The molecule has 1 aromatic heterocycles. The highest BCUT2D eigenvalue weighted by Crippen LogP contribution is 2.17. The molecule has 118 valence electrons. The number of hydrogen-bond acceptors (Lipinski definition) is 5. The maximum absolute atomic E-state index is 5.53. The Kier molecular flexibility index (Phi) is 6.39. The number of hydrogen-bond donors (Lipinski definition) is 1. The van der Waals surface area contributed by atoms with Crippen LogP contribution in [0.5, 0.6) is 0 Å². The molecule has 1 N–H and O–H groups in total. The lowest BCUT2D eigenvalue weighted by atomic mass is 10.0. The third-order valence-electron chi connectivity index (χ3n) is 3.73. The average molecular weight is 292 g/mol. The van der Waals surface area contributed by atoms with Gasteiger partial charge in [-0.15, -0.1) is 0 Å². The van der Waals surface area contributed by atoms with Crippen molar-refractivity contribution < 1.29 is 4.74 Å². The van der Waals surface area contributed by atoms with Crippen molar-refractivity contribution in [2.75, 3.05) is 38.3 Å². The van der Waals surface area contributed by atoms with Crippen LogP contribution in [0.4, 0.5) is 5.82 Å². The van der Waals surface area contributed by atoms with Gasteiger partial charge >= 0.3 is 0 Å². The largest absolute Gasteiger partial charge is 0.381 e. The molecule has 1 unspecified atom stereocenters. The minimum atomic E-state index is 0.609. The van der Waals surface area contributed by atoms with Gasteiger partial charge in [0.1, 0.15) is 5.82 Å². The summed E-state index contributed by atoms with van der Waals surface area (Å²) in [5.41, 5.74) is 0.994. The third kappa shape index (κ3) is 5.59. The number of nitrogens with one attached hydrogen (secondary N) is 1. The van der Waals surface area contributed by atoms with Crippen LogP contribution in [-0.2, 0) is 11.3 Å². The van der Waals surface area contributed by atoms with E-state index in [0.29, 0.717) is 11.8 Å². The average Bonchev–Trinajstić information content (AvgIpc) is 2.48. The minimum absolute atomic E-state index is 0.609. The van der Waals surface area contributed by atoms with Crippen LogP contribution in [0, 0.1) is 11.8 Å². The third-order valence-corrected chi connectivity index (χ3v) is 3.73. The van der Waals surface area contributed by atoms with Gasteiger partial charge in [0.2, 0.25) is 0 Å². The van der Waals surface area contributed by atoms with Gasteiger partial charge in [0.05, 0.1) is 24.7 Å². The molecule has 1 aromatic rings. The van der Waals surface area contributed by atoms with Crippen LogP contribution in [0.2, 0.25) is 0 Å². The molecule has 0 aromatic carbocycles. The molecule has 0 saturated carbocycles. The molecule has 1 aliphatic heterocycles. The zero-order chi connectivity index (χ0) is 15.1. The lowest BCUT2D eigenvalue weighted by molar-refractivity contribution is 0.0576. The maximum atomic E-state index is 5.53. The second-order valence-electron chi connectivity index (χ2n) is 6.35. The Balaban J connectivity index is 1.80. The molecule has 0 spiro atoms. The molecule has 0 aliphatic carbocycles. The fourth-order valence-electron chi connectivity index (χ4n) is 2.56. The van der Waals surface area contributed by atoms with Gasteiger partial charge in [0, 0.05) is 26.7 Å². The summed E-state index contributed by atoms with van der Waals surface area (Å²) in [6.07, 6.45) is 6.16. The van der Waals surface area contributed by atoms with Crippen LogP contribution in [0.25, 0.3) is 0 Å². The summed E-state index contributed by atoms with van der Waals surface area (Å²) in [4.78, 5) is 11.2. The van der Waals surface area contributed by atoms with Gasteiger partial charge in [-0.3, -0.25) is 4.98 Å². The molecule has 1 saturated heterocycles. The molecule has 5 heteroatoms. The lowest BCUT2D eigenvalue weighted by Gasteiger charge is -2.27. The molecule has 0 amide bonds. The molecule has 0 radical (unpaired) electrons. The van der Waals surface area contributed by atoms with Crippen molar-refractivity contribution in [1.29, 1.82) is 0 Å². The Morgan fingerprint density at radius 2 is 2.24 bits per heavy atom. The van der Waals surface area contributed by atoms with Gasteiger partial charge in [-0.25, -0.2) is 4.98 Å². The summed E-state index contributed by atoms with van der Waals surface area (Å²) in [5.74, 6) is 2.20. The van der Waals surface area contributed by atoms with Gasteiger partial charge < -0.3 is 15.0 Å². The molecule has 1 aliphatic rings. The number of anilines is 1. The first-order valence-electron chi connectivity index (χ1n) is 7.95. The van der Waals surface area contributed by atoms with Crippen LogP contribution in [0.3, 0.4) is 0 Å². The molecular weight excluding hydrogens is 264 g/mol. The fourth-order valence-corrected chi connectivity index (χ4v) is 2.56. The van der Waals surface area contributed by atoms with Crippen LogP contribution in [0.1, 0.15) is 32.4 Å². The van der Waals surface area contributed by atoms with Crippen LogP contribution < -0.4 is 10.2 Å². The van der Waals surface area contributed by atoms with E-state index < -0.39 is 0 Å². The maximum Gasteiger partial charge on any atom is 0.146 e. The number of aromatic nitrogens is 2. The van der Waals surface area contributed by atoms with E-state index in [1.165, 1.54) is 12.8 Å². The summed E-state index contributed by atoms with van der Waals surface area (Å²) >= 11 is 0. The van der Waals surface area contributed by atoms with E-state index in [2.05, 4.69) is 41.1 Å². The van der Waals surface area contributed by atoms with Crippen LogP contribution in [0.15, 0.2) is 12.4 Å². The van der Waals surface area contributed by atoms with Gasteiger partial charge in [0.25, 0.3) is 0 Å². The SMILES string of the molecule is CC(C)CNCc1cnc(N(C)CC2CCCOC2)cn1. The zero-order valence-corrected chi connectivity index (χ0v) is 13.5. The predicted octanol–water partition coefficient (Wildman–Crippen LogP) is 2.08. The van der Waals surface area contributed by atoms with E-state index >= 15 is 0 Å². The second kappa shape index (κ2) is 8.29. The first-order chi connectivity index (χ1) is 10.1. The molecule has 2 heterocycles. The van der Waals surface area contributed by atoms with Crippen molar-refractivity contribution in [3.63, 3.8) is 0 Å². The molecular formula is C16H28N4O. The Hall–Kier alpha value is -1.20. The smallest absolute Gasteiger partial charge is 0.146 e. The monoisotopic (exact) mass is 292 g/mol. The number of rotatable bonds is 7. The Labute approximate surface area is 128 Å². The zero-order valence-electron chi connectivity index (χ0n) is 13.5. The Bertz CT molecular complexity index is 401. The van der Waals surface area contributed by atoms with Gasteiger partial charge in [0.15, 0.2) is 0 Å². The Morgan fingerprint density at radius 1 is 1.38 bits per heavy atom. The lowest BCUT2D eigenvalue weighted by Crippen LogP contribution is -2.31. The van der Waals surface area contributed by atoms with Crippen molar-refractivity contribution >= 4 is 5.82 Å². The van der Waals surface area contributed by atoms with E-state index in [-0.39, 0.29) is 0 Å². The molecule has 2 rings (SSSR count). The van der Waals surface area contributed by atoms with E-state index in [9.17, 15) is 0 Å². The topological polar surface area (TPSA) is 50.3 Å². The Morgan fingerprint density at radius 3 is 2.86 bits per heavy atom. The highest BCUT2D eigenvalue weighted by atomic mass is 16.5. The fraction of sp³-hybridized carbons (Fsp3) is 0.750. The molecule has 5 nitrogen and oxygen atoms in total. The summed E-state index contributed by atoms with van der Waals surface area (Å²) in [7, 11) is 2.08. The van der Waals surface area contributed by atoms with E-state index in [4.69, 9.17) is 4.74 Å². The van der Waals surface area contributed by atoms with Gasteiger partial charge in [-0.1, -0.05) is 13.8 Å². The van der Waals surface area contributed by atoms with Crippen molar-refractivity contribution in [2.45, 2.75) is 33.2 Å². The van der Waals surface area contributed by atoms with Crippen LogP contribution >= 0.6 is 0 Å².